The molecule has 5 heteroatoms. The van der Waals surface area contributed by atoms with Gasteiger partial charge < -0.3 is 14.6 Å². The fourth-order valence-electron chi connectivity index (χ4n) is 5.36. The summed E-state index contributed by atoms with van der Waals surface area (Å²) >= 11 is 0. The maximum absolute atomic E-state index is 13.0. The van der Waals surface area contributed by atoms with Gasteiger partial charge in [0.1, 0.15) is 6.61 Å². The normalized spacial score (nSPS) is 25.3. The van der Waals surface area contributed by atoms with E-state index in [4.69, 9.17) is 9.47 Å². The number of hydrogen-bond donors (Lipinski definition) is 1. The van der Waals surface area contributed by atoms with Crippen molar-refractivity contribution >= 4 is 6.09 Å². The second kappa shape index (κ2) is 9.24. The molecule has 2 saturated heterocycles. The zero-order valence-corrected chi connectivity index (χ0v) is 19.6. The van der Waals surface area contributed by atoms with E-state index < -0.39 is 5.60 Å². The lowest BCUT2D eigenvalue weighted by Crippen LogP contribution is -2.62. The van der Waals surface area contributed by atoms with Crippen molar-refractivity contribution in [3.63, 3.8) is 0 Å². The van der Waals surface area contributed by atoms with Gasteiger partial charge >= 0.3 is 6.09 Å². The van der Waals surface area contributed by atoms with Crippen molar-refractivity contribution in [1.82, 2.24) is 4.90 Å². The number of ether oxygens (including phenoxy) is 2. The Labute approximate surface area is 191 Å². The lowest BCUT2D eigenvalue weighted by Gasteiger charge is -2.52. The van der Waals surface area contributed by atoms with Gasteiger partial charge in [-0.15, -0.1) is 0 Å². The van der Waals surface area contributed by atoms with Crippen LogP contribution in [0.2, 0.25) is 0 Å². The van der Waals surface area contributed by atoms with Crippen molar-refractivity contribution in [2.75, 3.05) is 13.2 Å². The third kappa shape index (κ3) is 4.41. The first-order valence-electron chi connectivity index (χ1n) is 11.7. The van der Waals surface area contributed by atoms with Gasteiger partial charge in [-0.1, -0.05) is 76.2 Å². The van der Waals surface area contributed by atoms with E-state index in [0.717, 1.165) is 11.1 Å². The van der Waals surface area contributed by atoms with E-state index in [1.807, 2.05) is 35.2 Å². The highest BCUT2D eigenvalue weighted by molar-refractivity contribution is 5.69. The summed E-state index contributed by atoms with van der Waals surface area (Å²) in [7, 11) is 0. The molecule has 2 aliphatic heterocycles. The van der Waals surface area contributed by atoms with Gasteiger partial charge in [0.2, 0.25) is 0 Å². The molecule has 0 aliphatic carbocycles. The Bertz CT molecular complexity index is 900. The monoisotopic (exact) mass is 437 g/mol. The van der Waals surface area contributed by atoms with Crippen molar-refractivity contribution < 1.29 is 19.4 Å². The summed E-state index contributed by atoms with van der Waals surface area (Å²) in [6, 6.07) is 15.7. The Morgan fingerprint density at radius 1 is 1.00 bits per heavy atom. The summed E-state index contributed by atoms with van der Waals surface area (Å²) in [5, 5.41) is 12.1. The number of carbonyl (C=O) groups is 1. The van der Waals surface area contributed by atoms with E-state index in [-0.39, 0.29) is 24.8 Å². The summed E-state index contributed by atoms with van der Waals surface area (Å²) in [5.41, 5.74) is 3.41. The minimum Gasteiger partial charge on any atom is -0.445 e. The van der Waals surface area contributed by atoms with Gasteiger partial charge in [0.05, 0.1) is 30.9 Å². The number of aliphatic hydroxyl groups is 1. The lowest BCUT2D eigenvalue weighted by molar-refractivity contribution is -0.137. The number of morpholine rings is 1. The molecule has 2 heterocycles. The number of amides is 1. The number of rotatable bonds is 5. The predicted molar refractivity (Wildman–Crippen MR) is 125 cm³/mol. The highest BCUT2D eigenvalue weighted by atomic mass is 16.6. The number of hydrogen-bond acceptors (Lipinski definition) is 4. The molecule has 1 N–H and O–H groups in total. The molecule has 0 aromatic heterocycles. The van der Waals surface area contributed by atoms with Crippen LogP contribution in [0.5, 0.6) is 0 Å². The summed E-state index contributed by atoms with van der Waals surface area (Å²) in [6.45, 7) is 9.77. The Balaban J connectivity index is 1.60. The number of carbonyl (C=O) groups excluding carboxylic acids is 1. The molecule has 0 radical (unpaired) electrons. The summed E-state index contributed by atoms with van der Waals surface area (Å²) in [5.74, 6) is 0.607. The van der Waals surface area contributed by atoms with Crippen molar-refractivity contribution in [1.29, 1.82) is 0 Å². The van der Waals surface area contributed by atoms with E-state index in [1.165, 1.54) is 11.1 Å². The molecule has 2 fully saturated rings. The quantitative estimate of drug-likeness (QED) is 0.688. The molecule has 0 spiro atoms. The average molecular weight is 438 g/mol. The Kier molecular flexibility index (Phi) is 6.59. The van der Waals surface area contributed by atoms with E-state index >= 15 is 0 Å². The second-order valence-electron chi connectivity index (χ2n) is 9.85. The molecule has 2 aromatic carbocycles. The molecule has 172 valence electrons. The molecule has 4 rings (SSSR count). The summed E-state index contributed by atoms with van der Waals surface area (Å²) in [6.07, 6.45) is 0.580. The van der Waals surface area contributed by atoms with Gasteiger partial charge in [-0.3, -0.25) is 4.90 Å². The van der Waals surface area contributed by atoms with Gasteiger partial charge in [0.15, 0.2) is 0 Å². The molecule has 2 aromatic rings. The van der Waals surface area contributed by atoms with Gasteiger partial charge in [0, 0.05) is 12.8 Å². The van der Waals surface area contributed by atoms with Crippen LogP contribution in [0.25, 0.3) is 0 Å². The number of benzene rings is 2. The smallest absolute Gasteiger partial charge is 0.410 e. The number of fused-ring (bicyclic) bond motifs is 2. The van der Waals surface area contributed by atoms with Crippen molar-refractivity contribution in [2.24, 2.45) is 0 Å². The maximum Gasteiger partial charge on any atom is 0.410 e. The predicted octanol–water partition coefficient (Wildman–Crippen LogP) is 5.32. The highest BCUT2D eigenvalue weighted by Gasteiger charge is 2.50. The molecular weight excluding hydrogens is 402 g/mol. The van der Waals surface area contributed by atoms with Gasteiger partial charge in [-0.2, -0.15) is 0 Å². The van der Waals surface area contributed by atoms with Gasteiger partial charge in [-0.05, 0) is 34.1 Å². The number of piperidine rings is 1. The van der Waals surface area contributed by atoms with Crippen LogP contribution in [0.3, 0.4) is 0 Å². The highest BCUT2D eigenvalue weighted by Crippen LogP contribution is 2.46. The van der Waals surface area contributed by atoms with Crippen LogP contribution in [-0.4, -0.2) is 41.4 Å². The SMILES string of the molecule is CC(C)c1cccc(C(C)C)c1C1(O)CC2COCC(C1)N2C(=O)OCc1ccccc1. The molecule has 2 aliphatic rings. The first-order chi connectivity index (χ1) is 15.3. The average Bonchev–Trinajstić information content (AvgIpc) is 2.77. The third-order valence-electron chi connectivity index (χ3n) is 6.81. The van der Waals surface area contributed by atoms with Crippen molar-refractivity contribution in [3.05, 3.63) is 70.8 Å². The largest absolute Gasteiger partial charge is 0.445 e. The van der Waals surface area contributed by atoms with Crippen LogP contribution < -0.4 is 0 Å². The van der Waals surface area contributed by atoms with Crippen molar-refractivity contribution in [2.45, 2.75) is 76.7 Å². The van der Waals surface area contributed by atoms with Crippen LogP contribution in [0, 0.1) is 0 Å². The van der Waals surface area contributed by atoms with Crippen LogP contribution >= 0.6 is 0 Å². The lowest BCUT2D eigenvalue weighted by atomic mass is 9.71. The Hall–Kier alpha value is -2.37. The van der Waals surface area contributed by atoms with E-state index in [9.17, 15) is 9.90 Å². The minimum atomic E-state index is -0.990. The molecule has 1 amide bonds. The van der Waals surface area contributed by atoms with Gasteiger partial charge in [0.25, 0.3) is 0 Å². The topological polar surface area (TPSA) is 59.0 Å². The first kappa shape index (κ1) is 22.8. The fraction of sp³-hybridized carbons (Fsp3) is 0.519. The Morgan fingerprint density at radius 2 is 1.56 bits per heavy atom. The van der Waals surface area contributed by atoms with Gasteiger partial charge in [-0.25, -0.2) is 4.79 Å². The second-order valence-corrected chi connectivity index (χ2v) is 9.85. The minimum absolute atomic E-state index is 0.212. The first-order valence-corrected chi connectivity index (χ1v) is 11.7. The Morgan fingerprint density at radius 3 is 2.09 bits per heavy atom. The van der Waals surface area contributed by atoms with Crippen LogP contribution in [-0.2, 0) is 21.7 Å². The van der Waals surface area contributed by atoms with E-state index in [0.29, 0.717) is 37.9 Å². The number of nitrogens with zero attached hydrogens (tertiary/aromatic N) is 1. The zero-order valence-electron chi connectivity index (χ0n) is 19.6. The molecule has 32 heavy (non-hydrogen) atoms. The summed E-state index contributed by atoms with van der Waals surface area (Å²) in [4.78, 5) is 14.9. The molecule has 5 nitrogen and oxygen atoms in total. The third-order valence-corrected chi connectivity index (χ3v) is 6.81. The standard InChI is InChI=1S/C27H35NO4/c1-18(2)23-11-8-12-24(19(3)4)25(23)27(30)13-21-16-31-17-22(14-27)28(21)26(29)32-15-20-9-6-5-7-10-20/h5-12,18-19,21-22,30H,13-17H2,1-4H3. The fourth-order valence-corrected chi connectivity index (χ4v) is 5.36. The molecular formula is C27H35NO4. The zero-order chi connectivity index (χ0) is 22.9. The molecule has 2 unspecified atom stereocenters. The van der Waals surface area contributed by atoms with Crippen molar-refractivity contribution in [3.8, 4) is 0 Å². The van der Waals surface area contributed by atoms with Crippen LogP contribution in [0.15, 0.2) is 48.5 Å². The van der Waals surface area contributed by atoms with Crippen LogP contribution in [0.4, 0.5) is 4.79 Å². The summed E-state index contributed by atoms with van der Waals surface area (Å²) < 4.78 is 11.5. The maximum atomic E-state index is 13.0. The molecule has 2 atom stereocenters. The van der Waals surface area contributed by atoms with E-state index in [2.05, 4.69) is 45.9 Å². The molecule has 0 saturated carbocycles. The van der Waals surface area contributed by atoms with E-state index in [1.54, 1.807) is 0 Å². The van der Waals surface area contributed by atoms with Crippen LogP contribution in [0.1, 0.15) is 74.6 Å². The molecule has 2 bridgehead atoms.